The lowest BCUT2D eigenvalue weighted by molar-refractivity contribution is 0.590. The molecule has 0 spiro atoms. The van der Waals surface area contributed by atoms with Crippen LogP contribution in [0.1, 0.15) is 12.0 Å². The van der Waals surface area contributed by atoms with E-state index in [0.717, 1.165) is 19.4 Å². The molecule has 0 bridgehead atoms. The Hall–Kier alpha value is -3.02. The minimum atomic E-state index is -0.690. The Morgan fingerprint density at radius 2 is 1.64 bits per heavy atom. The van der Waals surface area contributed by atoms with Crippen molar-refractivity contribution in [2.24, 2.45) is 0 Å². The summed E-state index contributed by atoms with van der Waals surface area (Å²) in [5.74, 6) is -0.644. The zero-order chi connectivity index (χ0) is 17.5. The van der Waals surface area contributed by atoms with E-state index in [1.54, 1.807) is 6.07 Å². The Bertz CT molecular complexity index is 804. The molecule has 1 aromatic heterocycles. The quantitative estimate of drug-likeness (QED) is 0.620. The van der Waals surface area contributed by atoms with Crippen LogP contribution in [0.2, 0.25) is 0 Å². The molecule has 2 aromatic carbocycles. The van der Waals surface area contributed by atoms with E-state index in [2.05, 4.69) is 32.7 Å². The predicted molar refractivity (Wildman–Crippen MR) is 94.9 cm³/mol. The van der Waals surface area contributed by atoms with Crippen LogP contribution in [-0.4, -0.2) is 16.5 Å². The number of hydrogen-bond donors (Lipinski definition) is 2. The monoisotopic (exact) mass is 340 g/mol. The predicted octanol–water partition coefficient (Wildman–Crippen LogP) is 4.54. The lowest BCUT2D eigenvalue weighted by Gasteiger charge is -2.09. The van der Waals surface area contributed by atoms with Crippen molar-refractivity contribution < 1.29 is 8.78 Å². The zero-order valence-corrected chi connectivity index (χ0v) is 13.5. The number of halogens is 2. The highest BCUT2D eigenvalue weighted by Gasteiger charge is 2.10. The van der Waals surface area contributed by atoms with E-state index in [1.807, 2.05) is 18.2 Å². The van der Waals surface area contributed by atoms with Crippen LogP contribution in [-0.2, 0) is 6.42 Å². The van der Waals surface area contributed by atoms with Gasteiger partial charge in [-0.25, -0.2) is 13.8 Å². The molecule has 0 radical (unpaired) electrons. The van der Waals surface area contributed by atoms with Gasteiger partial charge in [0.05, 0.1) is 0 Å². The minimum Gasteiger partial charge on any atom is -0.370 e. The first kappa shape index (κ1) is 16.8. The Kier molecular flexibility index (Phi) is 5.51. The Morgan fingerprint density at radius 1 is 0.880 bits per heavy atom. The molecule has 0 atom stereocenters. The van der Waals surface area contributed by atoms with Crippen LogP contribution in [0, 0.1) is 11.6 Å². The van der Waals surface area contributed by atoms with E-state index in [-0.39, 0.29) is 11.6 Å². The highest BCUT2D eigenvalue weighted by atomic mass is 19.1. The molecule has 0 saturated carbocycles. The summed E-state index contributed by atoms with van der Waals surface area (Å²) >= 11 is 0. The summed E-state index contributed by atoms with van der Waals surface area (Å²) in [6.45, 7) is 0.736. The van der Waals surface area contributed by atoms with E-state index < -0.39 is 11.6 Å². The zero-order valence-electron chi connectivity index (χ0n) is 13.5. The van der Waals surface area contributed by atoms with E-state index in [9.17, 15) is 8.78 Å². The number of hydrogen-bond acceptors (Lipinski definition) is 4. The normalized spacial score (nSPS) is 10.5. The number of rotatable bonds is 7. The molecule has 0 aliphatic carbocycles. The highest BCUT2D eigenvalue weighted by molar-refractivity contribution is 5.56. The van der Waals surface area contributed by atoms with Crippen molar-refractivity contribution in [3.63, 3.8) is 0 Å². The maximum Gasteiger partial charge on any atom is 0.229 e. The molecule has 3 rings (SSSR count). The average molecular weight is 340 g/mol. The maximum absolute atomic E-state index is 13.7. The van der Waals surface area contributed by atoms with Gasteiger partial charge < -0.3 is 10.6 Å². The van der Waals surface area contributed by atoms with Crippen LogP contribution in [0.25, 0.3) is 0 Å². The molecule has 0 amide bonds. The van der Waals surface area contributed by atoms with Crippen molar-refractivity contribution in [2.75, 3.05) is 17.2 Å². The van der Waals surface area contributed by atoms with Crippen molar-refractivity contribution in [2.45, 2.75) is 12.8 Å². The molecule has 1 heterocycles. The summed E-state index contributed by atoms with van der Waals surface area (Å²) in [5.41, 5.74) is 1.02. The van der Waals surface area contributed by atoms with Gasteiger partial charge in [-0.2, -0.15) is 4.98 Å². The van der Waals surface area contributed by atoms with Crippen LogP contribution in [0.5, 0.6) is 0 Å². The lowest BCUT2D eigenvalue weighted by atomic mass is 10.1. The van der Waals surface area contributed by atoms with Crippen LogP contribution in [0.4, 0.5) is 26.2 Å². The molecular formula is C19H18F2N4. The fourth-order valence-corrected chi connectivity index (χ4v) is 2.40. The number of para-hydroxylation sites is 1. The Labute approximate surface area is 145 Å². The molecular weight excluding hydrogens is 322 g/mol. The second kappa shape index (κ2) is 8.19. The van der Waals surface area contributed by atoms with Gasteiger partial charge in [0.1, 0.15) is 23.1 Å². The van der Waals surface area contributed by atoms with Crippen molar-refractivity contribution >= 4 is 17.5 Å². The Balaban J connectivity index is 1.56. The van der Waals surface area contributed by atoms with Gasteiger partial charge in [-0.1, -0.05) is 36.4 Å². The van der Waals surface area contributed by atoms with Crippen LogP contribution in [0.3, 0.4) is 0 Å². The molecule has 25 heavy (non-hydrogen) atoms. The largest absolute Gasteiger partial charge is 0.370 e. The first-order valence-corrected chi connectivity index (χ1v) is 8.04. The third kappa shape index (κ3) is 4.73. The van der Waals surface area contributed by atoms with E-state index in [0.29, 0.717) is 5.82 Å². The molecule has 0 aliphatic heterocycles. The number of anilines is 3. The molecule has 0 fully saturated rings. The summed E-state index contributed by atoms with van der Waals surface area (Å²) < 4.78 is 27.3. The van der Waals surface area contributed by atoms with E-state index in [4.69, 9.17) is 0 Å². The fourth-order valence-electron chi connectivity index (χ4n) is 2.40. The fraction of sp³-hybridized carbons (Fsp3) is 0.158. The van der Waals surface area contributed by atoms with Gasteiger partial charge in [-0.05, 0) is 36.6 Å². The summed E-state index contributed by atoms with van der Waals surface area (Å²) in [7, 11) is 0. The smallest absolute Gasteiger partial charge is 0.229 e. The van der Waals surface area contributed by atoms with Gasteiger partial charge in [-0.3, -0.25) is 0 Å². The van der Waals surface area contributed by atoms with Crippen molar-refractivity contribution in [1.82, 2.24) is 9.97 Å². The number of nitrogens with one attached hydrogen (secondary N) is 2. The molecule has 3 aromatic rings. The SMILES string of the molecule is Fc1cccc(F)c1Nc1nccc(NCCCc2ccccc2)n1. The van der Waals surface area contributed by atoms with E-state index in [1.165, 1.54) is 30.0 Å². The van der Waals surface area contributed by atoms with Gasteiger partial charge >= 0.3 is 0 Å². The number of benzene rings is 2. The molecule has 0 unspecified atom stereocenters. The van der Waals surface area contributed by atoms with Gasteiger partial charge in [-0.15, -0.1) is 0 Å². The third-order valence-electron chi connectivity index (χ3n) is 3.65. The van der Waals surface area contributed by atoms with Crippen LogP contribution >= 0.6 is 0 Å². The van der Waals surface area contributed by atoms with Crippen molar-refractivity contribution in [1.29, 1.82) is 0 Å². The van der Waals surface area contributed by atoms with Gasteiger partial charge in [0, 0.05) is 12.7 Å². The Morgan fingerprint density at radius 3 is 2.40 bits per heavy atom. The third-order valence-corrected chi connectivity index (χ3v) is 3.65. The van der Waals surface area contributed by atoms with Gasteiger partial charge in [0.2, 0.25) is 5.95 Å². The number of aryl methyl sites for hydroxylation is 1. The van der Waals surface area contributed by atoms with Crippen LogP contribution < -0.4 is 10.6 Å². The van der Waals surface area contributed by atoms with Crippen LogP contribution in [0.15, 0.2) is 60.8 Å². The number of nitrogens with zero attached hydrogens (tertiary/aromatic N) is 2. The average Bonchev–Trinajstić information content (AvgIpc) is 2.63. The van der Waals surface area contributed by atoms with E-state index >= 15 is 0 Å². The maximum atomic E-state index is 13.7. The summed E-state index contributed by atoms with van der Waals surface area (Å²) in [6, 6.07) is 15.6. The topological polar surface area (TPSA) is 49.8 Å². The standard InChI is InChI=1S/C19H18F2N4/c20-15-9-4-10-16(21)18(15)25-19-23-13-11-17(24-19)22-12-5-8-14-6-2-1-3-7-14/h1-4,6-7,9-11,13H,5,8,12H2,(H2,22,23,24,25). The second-order valence-corrected chi connectivity index (χ2v) is 5.50. The van der Waals surface area contributed by atoms with Crippen molar-refractivity contribution in [3.8, 4) is 0 Å². The second-order valence-electron chi connectivity index (χ2n) is 5.50. The summed E-state index contributed by atoms with van der Waals surface area (Å²) in [5, 5.41) is 5.78. The summed E-state index contributed by atoms with van der Waals surface area (Å²) in [4.78, 5) is 8.23. The molecule has 0 aliphatic rings. The molecule has 4 nitrogen and oxygen atoms in total. The first-order valence-electron chi connectivity index (χ1n) is 8.04. The van der Waals surface area contributed by atoms with Crippen molar-refractivity contribution in [3.05, 3.63) is 78.0 Å². The first-order chi connectivity index (χ1) is 12.2. The highest BCUT2D eigenvalue weighted by Crippen LogP contribution is 2.21. The number of aromatic nitrogens is 2. The summed E-state index contributed by atoms with van der Waals surface area (Å²) in [6.07, 6.45) is 3.44. The molecule has 2 N–H and O–H groups in total. The van der Waals surface area contributed by atoms with Gasteiger partial charge in [0.15, 0.2) is 0 Å². The lowest BCUT2D eigenvalue weighted by Crippen LogP contribution is -2.07. The molecule has 6 heteroatoms. The minimum absolute atomic E-state index is 0.136. The van der Waals surface area contributed by atoms with Gasteiger partial charge in [0.25, 0.3) is 0 Å². The molecule has 0 saturated heterocycles. The molecule has 128 valence electrons.